The summed E-state index contributed by atoms with van der Waals surface area (Å²) in [6.07, 6.45) is 7.21. The van der Waals surface area contributed by atoms with Crippen LogP contribution in [-0.4, -0.2) is 38.6 Å². The van der Waals surface area contributed by atoms with E-state index in [1.807, 2.05) is 10.8 Å². The lowest BCUT2D eigenvalue weighted by molar-refractivity contribution is -0.143. The topological polar surface area (TPSA) is 58.4 Å². The Morgan fingerprint density at radius 1 is 1.33 bits per heavy atom. The number of nitrogens with zero attached hydrogens (tertiary/aromatic N) is 3. The third kappa shape index (κ3) is 3.31. The minimum Gasteiger partial charge on any atom is -0.481 e. The second-order valence-corrected chi connectivity index (χ2v) is 5.55. The average Bonchev–Trinajstić information content (AvgIpc) is 3.02. The van der Waals surface area contributed by atoms with E-state index in [2.05, 4.69) is 34.1 Å². The number of carbonyl (C=O) groups is 1. The Morgan fingerprint density at radius 3 is 2.81 bits per heavy atom. The van der Waals surface area contributed by atoms with Crippen LogP contribution in [0.1, 0.15) is 18.4 Å². The van der Waals surface area contributed by atoms with Crippen LogP contribution in [0.2, 0.25) is 0 Å². The molecule has 1 unspecified atom stereocenters. The van der Waals surface area contributed by atoms with E-state index in [9.17, 15) is 4.79 Å². The molecule has 2 heterocycles. The second kappa shape index (κ2) is 6.10. The smallest absolute Gasteiger partial charge is 0.307 e. The Bertz CT molecular complexity index is 592. The Labute approximate surface area is 123 Å². The molecule has 5 nitrogen and oxygen atoms in total. The maximum atomic E-state index is 11.1. The largest absolute Gasteiger partial charge is 0.481 e. The molecule has 0 bridgehead atoms. The summed E-state index contributed by atoms with van der Waals surface area (Å²) in [5.41, 5.74) is 2.29. The first kappa shape index (κ1) is 13.8. The van der Waals surface area contributed by atoms with Crippen molar-refractivity contribution in [2.75, 3.05) is 13.1 Å². The van der Waals surface area contributed by atoms with E-state index in [1.54, 1.807) is 12.5 Å². The standard InChI is InChI=1S/C16H19N3O2/c20-16(21)14-2-1-8-18(11-14)10-13-3-5-15(6-4-13)19-9-7-17-12-19/h3-7,9,12,14H,1-2,8,10-11H2,(H,20,21). The molecule has 110 valence electrons. The molecule has 1 aromatic heterocycles. The minimum atomic E-state index is -0.671. The van der Waals surface area contributed by atoms with Gasteiger partial charge in [0.1, 0.15) is 0 Å². The molecule has 1 fully saturated rings. The second-order valence-electron chi connectivity index (χ2n) is 5.55. The van der Waals surface area contributed by atoms with Crippen LogP contribution < -0.4 is 0 Å². The van der Waals surface area contributed by atoms with Gasteiger partial charge in [-0.25, -0.2) is 4.98 Å². The zero-order valence-electron chi connectivity index (χ0n) is 11.9. The SMILES string of the molecule is O=C(O)C1CCCN(Cc2ccc(-n3ccnc3)cc2)C1. The zero-order chi connectivity index (χ0) is 14.7. The van der Waals surface area contributed by atoms with Crippen molar-refractivity contribution in [1.82, 2.24) is 14.5 Å². The quantitative estimate of drug-likeness (QED) is 0.935. The number of aromatic nitrogens is 2. The predicted molar refractivity (Wildman–Crippen MR) is 79.2 cm³/mol. The highest BCUT2D eigenvalue weighted by Gasteiger charge is 2.25. The zero-order valence-corrected chi connectivity index (χ0v) is 11.9. The molecule has 1 aromatic carbocycles. The third-order valence-electron chi connectivity index (χ3n) is 4.00. The van der Waals surface area contributed by atoms with E-state index in [1.165, 1.54) is 5.56 Å². The highest BCUT2D eigenvalue weighted by molar-refractivity contribution is 5.70. The summed E-state index contributed by atoms with van der Waals surface area (Å²) in [7, 11) is 0. The Kier molecular flexibility index (Phi) is 4.01. The lowest BCUT2D eigenvalue weighted by Crippen LogP contribution is -2.38. The van der Waals surface area contributed by atoms with Gasteiger partial charge >= 0.3 is 5.97 Å². The van der Waals surface area contributed by atoms with Gasteiger partial charge in [0.25, 0.3) is 0 Å². The first-order chi connectivity index (χ1) is 10.2. The van der Waals surface area contributed by atoms with Crippen LogP contribution in [0.3, 0.4) is 0 Å². The molecule has 0 amide bonds. The molecule has 3 rings (SSSR count). The number of hydrogen-bond donors (Lipinski definition) is 1. The number of rotatable bonds is 4. The van der Waals surface area contributed by atoms with Gasteiger partial charge in [-0.1, -0.05) is 12.1 Å². The van der Waals surface area contributed by atoms with Crippen molar-refractivity contribution in [3.05, 3.63) is 48.5 Å². The molecule has 1 atom stereocenters. The molecule has 0 saturated carbocycles. The first-order valence-corrected chi connectivity index (χ1v) is 7.25. The van der Waals surface area contributed by atoms with Gasteiger partial charge in [-0.2, -0.15) is 0 Å². The molecule has 21 heavy (non-hydrogen) atoms. The molecule has 0 aliphatic carbocycles. The van der Waals surface area contributed by atoms with Crippen LogP contribution in [0.15, 0.2) is 43.0 Å². The van der Waals surface area contributed by atoms with Gasteiger partial charge in [0.2, 0.25) is 0 Å². The third-order valence-corrected chi connectivity index (χ3v) is 4.00. The summed E-state index contributed by atoms with van der Waals surface area (Å²) < 4.78 is 1.96. The maximum Gasteiger partial charge on any atom is 0.307 e. The lowest BCUT2D eigenvalue weighted by atomic mass is 9.98. The fourth-order valence-corrected chi connectivity index (χ4v) is 2.84. The number of carboxylic acid groups (broad SMARTS) is 1. The van der Waals surface area contributed by atoms with Crippen LogP contribution in [-0.2, 0) is 11.3 Å². The minimum absolute atomic E-state index is 0.219. The number of aliphatic carboxylic acids is 1. The summed E-state index contributed by atoms with van der Waals surface area (Å²) in [6.45, 7) is 2.44. The molecule has 1 aliphatic heterocycles. The van der Waals surface area contributed by atoms with Crippen molar-refractivity contribution >= 4 is 5.97 Å². The highest BCUT2D eigenvalue weighted by atomic mass is 16.4. The predicted octanol–water partition coefficient (Wildman–Crippen LogP) is 2.17. The molecule has 1 saturated heterocycles. The monoisotopic (exact) mass is 285 g/mol. The van der Waals surface area contributed by atoms with Crippen molar-refractivity contribution in [1.29, 1.82) is 0 Å². The van der Waals surface area contributed by atoms with E-state index < -0.39 is 5.97 Å². The molecule has 1 aliphatic rings. The van der Waals surface area contributed by atoms with E-state index in [0.717, 1.165) is 31.6 Å². The van der Waals surface area contributed by atoms with Crippen molar-refractivity contribution in [3.8, 4) is 5.69 Å². The van der Waals surface area contributed by atoms with Gasteiger partial charge in [-0.3, -0.25) is 9.69 Å². The van der Waals surface area contributed by atoms with E-state index in [4.69, 9.17) is 5.11 Å². The summed E-state index contributed by atoms with van der Waals surface area (Å²) in [5, 5.41) is 9.13. The summed E-state index contributed by atoms with van der Waals surface area (Å²) >= 11 is 0. The number of imidazole rings is 1. The maximum absolute atomic E-state index is 11.1. The molecule has 5 heteroatoms. The Balaban J connectivity index is 1.64. The Morgan fingerprint density at radius 2 is 2.14 bits per heavy atom. The van der Waals surface area contributed by atoms with Crippen molar-refractivity contribution < 1.29 is 9.90 Å². The van der Waals surface area contributed by atoms with Gasteiger partial charge in [0.05, 0.1) is 12.2 Å². The van der Waals surface area contributed by atoms with Gasteiger partial charge in [0.15, 0.2) is 0 Å². The average molecular weight is 285 g/mol. The molecular formula is C16H19N3O2. The molecular weight excluding hydrogens is 266 g/mol. The number of benzene rings is 1. The lowest BCUT2D eigenvalue weighted by Gasteiger charge is -2.30. The fraction of sp³-hybridized carbons (Fsp3) is 0.375. The molecule has 1 N–H and O–H groups in total. The van der Waals surface area contributed by atoms with Crippen molar-refractivity contribution in [3.63, 3.8) is 0 Å². The molecule has 2 aromatic rings. The Hall–Kier alpha value is -2.14. The number of piperidine rings is 1. The fourth-order valence-electron chi connectivity index (χ4n) is 2.84. The van der Waals surface area contributed by atoms with Gasteiger partial charge < -0.3 is 9.67 Å². The molecule has 0 spiro atoms. The first-order valence-electron chi connectivity index (χ1n) is 7.25. The van der Waals surface area contributed by atoms with Gasteiger partial charge in [-0.05, 0) is 37.1 Å². The summed E-state index contributed by atoms with van der Waals surface area (Å²) in [5.74, 6) is -0.890. The van der Waals surface area contributed by atoms with E-state index in [0.29, 0.717) is 6.54 Å². The van der Waals surface area contributed by atoms with Crippen LogP contribution in [0, 0.1) is 5.92 Å². The van der Waals surface area contributed by atoms with Crippen LogP contribution >= 0.6 is 0 Å². The van der Waals surface area contributed by atoms with Crippen molar-refractivity contribution in [2.45, 2.75) is 19.4 Å². The van der Waals surface area contributed by atoms with Gasteiger partial charge in [0, 0.05) is 31.2 Å². The number of hydrogen-bond acceptors (Lipinski definition) is 3. The van der Waals surface area contributed by atoms with Crippen LogP contribution in [0.4, 0.5) is 0 Å². The normalized spacial score (nSPS) is 19.5. The summed E-state index contributed by atoms with van der Waals surface area (Å²) in [4.78, 5) is 17.4. The number of likely N-dealkylation sites (tertiary alicyclic amines) is 1. The highest BCUT2D eigenvalue weighted by Crippen LogP contribution is 2.19. The van der Waals surface area contributed by atoms with E-state index in [-0.39, 0.29) is 5.92 Å². The number of carboxylic acids is 1. The van der Waals surface area contributed by atoms with Crippen molar-refractivity contribution in [2.24, 2.45) is 5.92 Å². The van der Waals surface area contributed by atoms with Crippen LogP contribution in [0.5, 0.6) is 0 Å². The van der Waals surface area contributed by atoms with Crippen LogP contribution in [0.25, 0.3) is 5.69 Å². The molecule has 0 radical (unpaired) electrons. The van der Waals surface area contributed by atoms with Gasteiger partial charge in [-0.15, -0.1) is 0 Å². The summed E-state index contributed by atoms with van der Waals surface area (Å²) in [6, 6.07) is 8.32. The van der Waals surface area contributed by atoms with E-state index >= 15 is 0 Å².